The van der Waals surface area contributed by atoms with Crippen LogP contribution in [-0.4, -0.2) is 21.2 Å². The number of hydrogen-bond acceptors (Lipinski definition) is 4. The van der Waals surface area contributed by atoms with Gasteiger partial charge in [-0.1, -0.05) is 20.8 Å². The van der Waals surface area contributed by atoms with E-state index in [0.29, 0.717) is 36.4 Å². The molecular formula is C12H22N4O2. The van der Waals surface area contributed by atoms with Gasteiger partial charge in [-0.05, 0) is 25.7 Å². The first-order valence-electron chi connectivity index (χ1n) is 6.34. The molecule has 18 heavy (non-hydrogen) atoms. The first kappa shape index (κ1) is 14.5. The Labute approximate surface area is 108 Å². The normalized spacial score (nSPS) is 12.8. The average molecular weight is 254 g/mol. The minimum atomic E-state index is -0.364. The predicted octanol–water partition coefficient (Wildman–Crippen LogP) is 2.82. The largest absolute Gasteiger partial charge is 0.364 e. The highest BCUT2D eigenvalue weighted by Crippen LogP contribution is 2.28. The molecule has 1 N–H and O–H groups in total. The summed E-state index contributed by atoms with van der Waals surface area (Å²) < 4.78 is 1.65. The molecule has 1 rings (SSSR count). The van der Waals surface area contributed by atoms with E-state index in [0.717, 1.165) is 0 Å². The second-order valence-corrected chi connectivity index (χ2v) is 4.96. The van der Waals surface area contributed by atoms with Crippen molar-refractivity contribution in [2.45, 2.75) is 41.2 Å². The lowest BCUT2D eigenvalue weighted by Crippen LogP contribution is -2.18. The van der Waals surface area contributed by atoms with Gasteiger partial charge in [0, 0.05) is 13.1 Å². The molecule has 0 saturated heterocycles. The maximum absolute atomic E-state index is 11.1. The summed E-state index contributed by atoms with van der Waals surface area (Å²) in [6.07, 6.45) is 0. The Bertz CT molecular complexity index is 426. The van der Waals surface area contributed by atoms with Crippen LogP contribution in [0.2, 0.25) is 0 Å². The SMILES string of the molecule is CCn1nc(C)c([N+](=O)[O-])c1NCC(C)C(C)C. The standard InChI is InChI=1S/C12H22N4O2/c1-6-15-12(13-7-9(4)8(2)3)11(16(17)18)10(5)14-15/h8-9,13H,6-7H2,1-5H3. The lowest BCUT2D eigenvalue weighted by molar-refractivity contribution is -0.384. The number of aromatic nitrogens is 2. The molecule has 0 aliphatic heterocycles. The zero-order chi connectivity index (χ0) is 13.9. The molecule has 0 radical (unpaired) electrons. The lowest BCUT2D eigenvalue weighted by Gasteiger charge is -2.16. The monoisotopic (exact) mass is 254 g/mol. The van der Waals surface area contributed by atoms with Crippen LogP contribution in [-0.2, 0) is 6.54 Å². The Balaban J connectivity index is 2.95. The molecule has 0 fully saturated rings. The van der Waals surface area contributed by atoms with Crippen molar-refractivity contribution in [3.05, 3.63) is 15.8 Å². The molecule has 1 atom stereocenters. The Kier molecular flexibility index (Phi) is 4.69. The van der Waals surface area contributed by atoms with Crippen molar-refractivity contribution in [2.24, 2.45) is 11.8 Å². The van der Waals surface area contributed by atoms with Crippen LogP contribution in [0.15, 0.2) is 0 Å². The second kappa shape index (κ2) is 5.84. The second-order valence-electron chi connectivity index (χ2n) is 4.96. The summed E-state index contributed by atoms with van der Waals surface area (Å²) in [5.74, 6) is 1.51. The lowest BCUT2D eigenvalue weighted by atomic mass is 9.98. The molecule has 0 saturated carbocycles. The van der Waals surface area contributed by atoms with Gasteiger partial charge in [-0.3, -0.25) is 10.1 Å². The van der Waals surface area contributed by atoms with Crippen molar-refractivity contribution in [1.29, 1.82) is 0 Å². The first-order valence-corrected chi connectivity index (χ1v) is 6.34. The van der Waals surface area contributed by atoms with Crippen LogP contribution in [0.4, 0.5) is 11.5 Å². The summed E-state index contributed by atoms with van der Waals surface area (Å²) in [6.45, 7) is 11.3. The zero-order valence-electron chi connectivity index (χ0n) is 11.7. The van der Waals surface area contributed by atoms with E-state index in [4.69, 9.17) is 0 Å². The maximum Gasteiger partial charge on any atom is 0.333 e. The maximum atomic E-state index is 11.1. The Morgan fingerprint density at radius 1 is 1.44 bits per heavy atom. The quantitative estimate of drug-likeness (QED) is 0.625. The first-order chi connectivity index (χ1) is 8.38. The van der Waals surface area contributed by atoms with E-state index in [2.05, 4.69) is 31.2 Å². The predicted molar refractivity (Wildman–Crippen MR) is 71.8 cm³/mol. The van der Waals surface area contributed by atoms with Gasteiger partial charge in [0.2, 0.25) is 5.82 Å². The van der Waals surface area contributed by atoms with Gasteiger partial charge in [-0.15, -0.1) is 0 Å². The molecule has 0 amide bonds. The fourth-order valence-electron chi connectivity index (χ4n) is 1.69. The fraction of sp³-hybridized carbons (Fsp3) is 0.750. The van der Waals surface area contributed by atoms with E-state index < -0.39 is 0 Å². The fourth-order valence-corrected chi connectivity index (χ4v) is 1.69. The summed E-state index contributed by atoms with van der Waals surface area (Å²) in [4.78, 5) is 10.7. The van der Waals surface area contributed by atoms with Crippen LogP contribution in [0.5, 0.6) is 0 Å². The minimum Gasteiger partial charge on any atom is -0.364 e. The number of nitrogens with zero attached hydrogens (tertiary/aromatic N) is 3. The van der Waals surface area contributed by atoms with Crippen molar-refractivity contribution < 1.29 is 4.92 Å². The van der Waals surface area contributed by atoms with Crippen molar-refractivity contribution >= 4 is 11.5 Å². The van der Waals surface area contributed by atoms with E-state index >= 15 is 0 Å². The van der Waals surface area contributed by atoms with Crippen molar-refractivity contribution in [1.82, 2.24) is 9.78 Å². The van der Waals surface area contributed by atoms with E-state index in [1.165, 1.54) is 0 Å². The van der Waals surface area contributed by atoms with Gasteiger partial charge in [0.1, 0.15) is 5.69 Å². The van der Waals surface area contributed by atoms with E-state index in [-0.39, 0.29) is 10.6 Å². The van der Waals surface area contributed by atoms with Crippen molar-refractivity contribution in [2.75, 3.05) is 11.9 Å². The molecule has 1 aromatic rings. The van der Waals surface area contributed by atoms with Gasteiger partial charge in [0.25, 0.3) is 0 Å². The molecule has 0 spiro atoms. The molecule has 6 heteroatoms. The molecule has 6 nitrogen and oxygen atoms in total. The topological polar surface area (TPSA) is 73.0 Å². The summed E-state index contributed by atoms with van der Waals surface area (Å²) >= 11 is 0. The number of nitrogens with one attached hydrogen (secondary N) is 1. The Hall–Kier alpha value is -1.59. The van der Waals surface area contributed by atoms with E-state index in [1.807, 2.05) is 6.92 Å². The third-order valence-electron chi connectivity index (χ3n) is 3.31. The summed E-state index contributed by atoms with van der Waals surface area (Å²) in [5, 5.41) is 18.4. The Morgan fingerprint density at radius 3 is 2.50 bits per heavy atom. The van der Waals surface area contributed by atoms with Gasteiger partial charge in [-0.25, -0.2) is 4.68 Å². The number of rotatable bonds is 6. The van der Waals surface area contributed by atoms with Gasteiger partial charge >= 0.3 is 5.69 Å². The van der Waals surface area contributed by atoms with E-state index in [1.54, 1.807) is 11.6 Å². The third-order valence-corrected chi connectivity index (χ3v) is 3.31. The van der Waals surface area contributed by atoms with Crippen molar-refractivity contribution in [3.8, 4) is 0 Å². The van der Waals surface area contributed by atoms with Gasteiger partial charge in [-0.2, -0.15) is 5.10 Å². The number of nitro groups is 1. The smallest absolute Gasteiger partial charge is 0.333 e. The molecule has 0 aliphatic rings. The third kappa shape index (κ3) is 3.00. The molecule has 102 valence electrons. The number of anilines is 1. The van der Waals surface area contributed by atoms with E-state index in [9.17, 15) is 10.1 Å². The summed E-state index contributed by atoms with van der Waals surface area (Å²) in [6, 6.07) is 0. The molecule has 1 aromatic heterocycles. The van der Waals surface area contributed by atoms with Crippen LogP contribution in [0.1, 0.15) is 33.4 Å². The summed E-state index contributed by atoms with van der Waals surface area (Å²) in [7, 11) is 0. The number of aryl methyl sites for hydroxylation is 2. The highest BCUT2D eigenvalue weighted by Gasteiger charge is 2.25. The highest BCUT2D eigenvalue weighted by molar-refractivity contribution is 5.59. The zero-order valence-corrected chi connectivity index (χ0v) is 11.7. The summed E-state index contributed by atoms with van der Waals surface area (Å²) in [5.41, 5.74) is 0.550. The molecule has 1 heterocycles. The number of hydrogen-bond donors (Lipinski definition) is 1. The van der Waals surface area contributed by atoms with Crippen LogP contribution < -0.4 is 5.32 Å². The molecule has 1 unspecified atom stereocenters. The van der Waals surface area contributed by atoms with Gasteiger partial charge in [0.05, 0.1) is 4.92 Å². The molecule has 0 bridgehead atoms. The molecular weight excluding hydrogens is 232 g/mol. The van der Waals surface area contributed by atoms with Crippen LogP contribution >= 0.6 is 0 Å². The van der Waals surface area contributed by atoms with Crippen molar-refractivity contribution in [3.63, 3.8) is 0 Å². The Morgan fingerprint density at radius 2 is 2.06 bits per heavy atom. The van der Waals surface area contributed by atoms with Gasteiger partial charge in [0.15, 0.2) is 0 Å². The average Bonchev–Trinajstić information content (AvgIpc) is 2.61. The van der Waals surface area contributed by atoms with Crippen LogP contribution in [0, 0.1) is 28.9 Å². The molecule has 0 aliphatic carbocycles. The molecule has 0 aromatic carbocycles. The van der Waals surface area contributed by atoms with Crippen LogP contribution in [0.3, 0.4) is 0 Å². The van der Waals surface area contributed by atoms with Gasteiger partial charge < -0.3 is 5.32 Å². The minimum absolute atomic E-state index is 0.0906. The van der Waals surface area contributed by atoms with Crippen LogP contribution in [0.25, 0.3) is 0 Å². The highest BCUT2D eigenvalue weighted by atomic mass is 16.6.